The first-order chi connectivity index (χ1) is 11.7. The van der Waals surface area contributed by atoms with Crippen LogP contribution in [0.3, 0.4) is 0 Å². The van der Waals surface area contributed by atoms with E-state index in [2.05, 4.69) is 52.0 Å². The number of quaternary nitrogens is 1. The van der Waals surface area contributed by atoms with Crippen LogP contribution in [0.2, 0.25) is 0 Å². The van der Waals surface area contributed by atoms with Crippen LogP contribution in [-0.2, 0) is 0 Å². The summed E-state index contributed by atoms with van der Waals surface area (Å²) in [5.74, 6) is 0. The first kappa shape index (κ1) is 24.5. The minimum atomic E-state index is 0. The van der Waals surface area contributed by atoms with Crippen LogP contribution in [-0.4, -0.2) is 19.6 Å². The van der Waals surface area contributed by atoms with E-state index in [9.17, 15) is 0 Å². The lowest BCUT2D eigenvalue weighted by Crippen LogP contribution is -3.00. The van der Waals surface area contributed by atoms with E-state index in [-0.39, 0.29) is 12.4 Å². The number of benzene rings is 1. The van der Waals surface area contributed by atoms with E-state index in [0.29, 0.717) is 0 Å². The molecule has 0 fully saturated rings. The van der Waals surface area contributed by atoms with E-state index in [0.717, 1.165) is 4.48 Å². The third-order valence-corrected chi connectivity index (χ3v) is 5.73. The molecule has 1 aromatic carbocycles. The molecular formula is C23H42ClN. The fourth-order valence-corrected chi connectivity index (χ4v) is 3.80. The van der Waals surface area contributed by atoms with Crippen molar-refractivity contribution in [1.29, 1.82) is 0 Å². The fourth-order valence-electron chi connectivity index (χ4n) is 3.80. The van der Waals surface area contributed by atoms with Crippen molar-refractivity contribution in [2.45, 2.75) is 91.9 Å². The van der Waals surface area contributed by atoms with Gasteiger partial charge in [0.15, 0.2) is 0 Å². The third kappa shape index (κ3) is 9.11. The molecule has 0 amide bonds. The highest BCUT2D eigenvalue weighted by Crippen LogP contribution is 2.24. The van der Waals surface area contributed by atoms with Crippen LogP contribution in [0.5, 0.6) is 0 Å². The van der Waals surface area contributed by atoms with Crippen molar-refractivity contribution in [1.82, 2.24) is 4.48 Å². The van der Waals surface area contributed by atoms with Crippen molar-refractivity contribution in [3.63, 3.8) is 0 Å². The molecule has 1 aromatic rings. The number of nitrogens with zero attached hydrogens (tertiary/aromatic N) is 1. The van der Waals surface area contributed by atoms with Gasteiger partial charge in [-0.25, -0.2) is 0 Å². The van der Waals surface area contributed by atoms with Gasteiger partial charge in [-0.2, -0.15) is 0 Å². The van der Waals surface area contributed by atoms with Crippen LogP contribution < -0.4 is 16.9 Å². The Bertz CT molecular complexity index is 409. The Morgan fingerprint density at radius 2 is 1.08 bits per heavy atom. The highest BCUT2D eigenvalue weighted by molar-refractivity contribution is 5.44. The second-order valence-electron chi connectivity index (χ2n) is 7.52. The molecule has 0 N–H and O–H groups in total. The number of hydrogen-bond acceptors (Lipinski definition) is 0. The Morgan fingerprint density at radius 3 is 1.52 bits per heavy atom. The number of rotatable bonds is 14. The Morgan fingerprint density at radius 1 is 0.640 bits per heavy atom. The average Bonchev–Trinajstić information content (AvgIpc) is 2.61. The first-order valence-electron chi connectivity index (χ1n) is 10.6. The number of unbranched alkanes of at least 4 members (excludes halogenated alkanes) is 9. The van der Waals surface area contributed by atoms with E-state index in [1.165, 1.54) is 95.1 Å². The van der Waals surface area contributed by atoms with Gasteiger partial charge < -0.3 is 12.4 Å². The standard InChI is InChI=1S/C23H42N.ClH/c1-5-8-9-10-11-12-13-14-15-16-21-24(6-2,7-3)23-19-17-22(4)18-20-23;/h17-20H,5-16,21H2,1-4H3;1H/q+1;/p-1. The van der Waals surface area contributed by atoms with E-state index in [1.807, 2.05) is 0 Å². The predicted octanol–water partition coefficient (Wildman–Crippen LogP) is 4.27. The SMILES string of the molecule is CCCCCCCCCCCC[N+](CC)(CC)c1ccc(C)cc1.[Cl-]. The lowest BCUT2D eigenvalue weighted by Gasteiger charge is -2.36. The maximum absolute atomic E-state index is 2.35. The minimum absolute atomic E-state index is 0. The van der Waals surface area contributed by atoms with Gasteiger partial charge in [0.05, 0.1) is 19.6 Å². The van der Waals surface area contributed by atoms with E-state index in [1.54, 1.807) is 0 Å². The monoisotopic (exact) mass is 367 g/mol. The molecule has 0 saturated heterocycles. The smallest absolute Gasteiger partial charge is 0.132 e. The molecule has 0 spiro atoms. The molecule has 0 unspecified atom stereocenters. The average molecular weight is 368 g/mol. The minimum Gasteiger partial charge on any atom is -1.00 e. The molecule has 25 heavy (non-hydrogen) atoms. The van der Waals surface area contributed by atoms with E-state index >= 15 is 0 Å². The topological polar surface area (TPSA) is 0 Å². The second kappa shape index (κ2) is 14.6. The summed E-state index contributed by atoms with van der Waals surface area (Å²) in [5.41, 5.74) is 2.87. The summed E-state index contributed by atoms with van der Waals surface area (Å²) in [6.45, 7) is 12.9. The molecule has 0 aliphatic carbocycles. The van der Waals surface area contributed by atoms with Crippen molar-refractivity contribution in [3.05, 3.63) is 29.8 Å². The van der Waals surface area contributed by atoms with Gasteiger partial charge in [0.25, 0.3) is 0 Å². The molecule has 2 heteroatoms. The van der Waals surface area contributed by atoms with Crippen LogP contribution in [0.4, 0.5) is 5.69 Å². The Hall–Kier alpha value is -0.530. The molecule has 0 saturated carbocycles. The zero-order chi connectivity index (χ0) is 17.7. The summed E-state index contributed by atoms with van der Waals surface area (Å²) in [6, 6.07) is 9.23. The zero-order valence-electron chi connectivity index (χ0n) is 17.3. The lowest BCUT2D eigenvalue weighted by molar-refractivity contribution is -0.00000535. The van der Waals surface area contributed by atoms with Crippen LogP contribution >= 0.6 is 0 Å². The molecule has 0 aliphatic heterocycles. The van der Waals surface area contributed by atoms with Crippen molar-refractivity contribution in [3.8, 4) is 0 Å². The van der Waals surface area contributed by atoms with Gasteiger partial charge in [-0.1, -0.05) is 76.0 Å². The van der Waals surface area contributed by atoms with Crippen LogP contribution in [0.1, 0.15) is 90.5 Å². The van der Waals surface area contributed by atoms with Gasteiger partial charge in [0.2, 0.25) is 0 Å². The molecule has 0 bridgehead atoms. The summed E-state index contributed by atoms with van der Waals surface area (Å²) >= 11 is 0. The normalized spacial score (nSPS) is 11.4. The zero-order valence-corrected chi connectivity index (χ0v) is 18.1. The van der Waals surface area contributed by atoms with Crippen molar-refractivity contribution in [2.75, 3.05) is 19.6 Å². The van der Waals surface area contributed by atoms with Gasteiger partial charge >= 0.3 is 0 Å². The first-order valence-corrected chi connectivity index (χ1v) is 10.6. The molecule has 146 valence electrons. The van der Waals surface area contributed by atoms with Gasteiger partial charge in [-0.3, -0.25) is 4.48 Å². The van der Waals surface area contributed by atoms with Gasteiger partial charge in [-0.05, 0) is 45.7 Å². The van der Waals surface area contributed by atoms with Gasteiger partial charge in [-0.15, -0.1) is 0 Å². The summed E-state index contributed by atoms with van der Waals surface area (Å²) in [6.07, 6.45) is 14.2. The molecule has 0 atom stereocenters. The molecule has 0 aromatic heterocycles. The maximum Gasteiger partial charge on any atom is 0.132 e. The molecular weight excluding hydrogens is 326 g/mol. The second-order valence-corrected chi connectivity index (χ2v) is 7.52. The quantitative estimate of drug-likeness (QED) is 0.340. The third-order valence-electron chi connectivity index (χ3n) is 5.73. The largest absolute Gasteiger partial charge is 1.00 e. The molecule has 1 rings (SSSR count). The van der Waals surface area contributed by atoms with Crippen molar-refractivity contribution < 1.29 is 12.4 Å². The molecule has 1 nitrogen and oxygen atoms in total. The maximum atomic E-state index is 2.35. The van der Waals surface area contributed by atoms with Gasteiger partial charge in [0, 0.05) is 0 Å². The Kier molecular flexibility index (Phi) is 14.3. The summed E-state index contributed by atoms with van der Waals surface area (Å²) in [4.78, 5) is 0. The predicted molar refractivity (Wildman–Crippen MR) is 111 cm³/mol. The van der Waals surface area contributed by atoms with Crippen LogP contribution in [0, 0.1) is 6.92 Å². The van der Waals surface area contributed by atoms with Crippen molar-refractivity contribution >= 4 is 5.69 Å². The van der Waals surface area contributed by atoms with Crippen LogP contribution in [0.25, 0.3) is 0 Å². The number of hydrogen-bond donors (Lipinski definition) is 0. The molecule has 0 heterocycles. The number of halogens is 1. The molecule has 0 aliphatic rings. The molecule has 0 radical (unpaired) electrons. The van der Waals surface area contributed by atoms with Crippen LogP contribution in [0.15, 0.2) is 24.3 Å². The summed E-state index contributed by atoms with van der Waals surface area (Å²) < 4.78 is 1.15. The Labute approximate surface area is 164 Å². The Balaban J connectivity index is 0.00000576. The van der Waals surface area contributed by atoms with Gasteiger partial charge in [0.1, 0.15) is 5.69 Å². The summed E-state index contributed by atoms with van der Waals surface area (Å²) in [5, 5.41) is 0. The lowest BCUT2D eigenvalue weighted by atomic mass is 10.1. The van der Waals surface area contributed by atoms with Crippen molar-refractivity contribution in [2.24, 2.45) is 0 Å². The summed E-state index contributed by atoms with van der Waals surface area (Å²) in [7, 11) is 0. The highest BCUT2D eigenvalue weighted by Gasteiger charge is 2.25. The van der Waals surface area contributed by atoms with E-state index < -0.39 is 0 Å². The van der Waals surface area contributed by atoms with E-state index in [4.69, 9.17) is 0 Å². The highest BCUT2D eigenvalue weighted by atomic mass is 35.5. The fraction of sp³-hybridized carbons (Fsp3) is 0.739. The number of aryl methyl sites for hydroxylation is 1.